The summed E-state index contributed by atoms with van der Waals surface area (Å²) in [5.41, 5.74) is 0. The lowest BCUT2D eigenvalue weighted by molar-refractivity contribution is -0.154. The zero-order chi connectivity index (χ0) is 11.3. The van der Waals surface area contributed by atoms with Gasteiger partial charge in [-0.2, -0.15) is 0 Å². The summed E-state index contributed by atoms with van der Waals surface area (Å²) < 4.78 is 4.64. The third-order valence-corrected chi connectivity index (χ3v) is 1.45. The van der Waals surface area contributed by atoms with Crippen LogP contribution in [0.1, 0.15) is 20.8 Å². The Hall–Kier alpha value is -1.59. The molecular weight excluding hydrogens is 190 g/mol. The quantitative estimate of drug-likeness (QED) is 0.602. The minimum Gasteiger partial charge on any atom is -0.480 e. The van der Waals surface area contributed by atoms with Crippen LogP contribution in [0, 0.1) is 0 Å². The minimum atomic E-state index is -1.24. The van der Waals surface area contributed by atoms with E-state index < -0.39 is 30.0 Å². The molecule has 0 saturated carbocycles. The number of hydrogen-bond donors (Lipinski definition) is 2. The van der Waals surface area contributed by atoms with Gasteiger partial charge in [-0.3, -0.25) is 9.59 Å². The number of ether oxygens (including phenoxy) is 1. The van der Waals surface area contributed by atoms with Crippen LogP contribution >= 0.6 is 0 Å². The minimum absolute atomic E-state index is 0.489. The Kier molecular flexibility index (Phi) is 4.62. The summed E-state index contributed by atoms with van der Waals surface area (Å²) in [6.45, 7) is 3.76. The number of aliphatic carboxylic acids is 1. The van der Waals surface area contributed by atoms with Gasteiger partial charge in [-0.05, 0) is 6.92 Å². The van der Waals surface area contributed by atoms with Crippen LogP contribution in [0.15, 0.2) is 0 Å². The molecule has 0 bridgehead atoms. The predicted molar refractivity (Wildman–Crippen MR) is 46.5 cm³/mol. The molecule has 0 aliphatic carbocycles. The molecule has 0 spiro atoms. The maximum Gasteiger partial charge on any atom is 0.330 e. The number of carboxylic acid groups (broad SMARTS) is 1. The summed E-state index contributed by atoms with van der Waals surface area (Å²) in [4.78, 5) is 31.8. The van der Waals surface area contributed by atoms with Gasteiger partial charge < -0.3 is 15.2 Å². The summed E-state index contributed by atoms with van der Waals surface area (Å²) >= 11 is 0. The fourth-order valence-corrected chi connectivity index (χ4v) is 0.929. The van der Waals surface area contributed by atoms with Gasteiger partial charge in [-0.1, -0.05) is 0 Å². The summed E-state index contributed by atoms with van der Waals surface area (Å²) in [6.07, 6.45) is -0.895. The van der Waals surface area contributed by atoms with E-state index in [1.807, 2.05) is 0 Å². The van der Waals surface area contributed by atoms with Crippen molar-refractivity contribution in [3.63, 3.8) is 0 Å². The highest BCUT2D eigenvalue weighted by Crippen LogP contribution is 2.00. The summed E-state index contributed by atoms with van der Waals surface area (Å²) in [5, 5.41) is 10.9. The molecule has 0 fully saturated rings. The fraction of sp³-hybridized carbons (Fsp3) is 0.625. The summed E-state index contributed by atoms with van der Waals surface area (Å²) in [5.74, 6) is -2.32. The largest absolute Gasteiger partial charge is 0.480 e. The van der Waals surface area contributed by atoms with E-state index in [1.54, 1.807) is 0 Å². The van der Waals surface area contributed by atoms with E-state index in [4.69, 9.17) is 5.11 Å². The van der Waals surface area contributed by atoms with Crippen molar-refractivity contribution in [1.29, 1.82) is 0 Å². The zero-order valence-electron chi connectivity index (χ0n) is 8.23. The number of carbonyl (C=O) groups is 3. The van der Waals surface area contributed by atoms with E-state index in [9.17, 15) is 14.4 Å². The average Bonchev–Trinajstić information content (AvgIpc) is 1.97. The number of esters is 1. The SMILES string of the molecule is CC(=O)NC(C(=O)O)C(C)OC(C)=O. The normalized spacial score (nSPS) is 13.9. The van der Waals surface area contributed by atoms with Crippen molar-refractivity contribution in [1.82, 2.24) is 5.32 Å². The maximum atomic E-state index is 10.7. The van der Waals surface area contributed by atoms with Crippen LogP contribution in [-0.2, 0) is 19.1 Å². The van der Waals surface area contributed by atoms with Crippen molar-refractivity contribution in [3.8, 4) is 0 Å². The number of hydrogen-bond acceptors (Lipinski definition) is 4. The number of carbonyl (C=O) groups excluding carboxylic acids is 2. The van der Waals surface area contributed by atoms with E-state index in [-0.39, 0.29) is 0 Å². The van der Waals surface area contributed by atoms with E-state index in [0.29, 0.717) is 0 Å². The van der Waals surface area contributed by atoms with Crippen molar-refractivity contribution in [2.24, 2.45) is 0 Å². The molecule has 0 aromatic rings. The molecule has 14 heavy (non-hydrogen) atoms. The highest BCUT2D eigenvalue weighted by molar-refractivity contribution is 5.82. The molecule has 0 rings (SSSR count). The van der Waals surface area contributed by atoms with E-state index in [2.05, 4.69) is 10.1 Å². The highest BCUT2D eigenvalue weighted by atomic mass is 16.5. The van der Waals surface area contributed by atoms with Gasteiger partial charge in [0.15, 0.2) is 6.04 Å². The number of nitrogens with one attached hydrogen (secondary N) is 1. The predicted octanol–water partition coefficient (Wildman–Crippen LogP) is -0.473. The second-order valence-electron chi connectivity index (χ2n) is 2.83. The van der Waals surface area contributed by atoms with Gasteiger partial charge in [-0.25, -0.2) is 4.79 Å². The first-order valence-corrected chi connectivity index (χ1v) is 4.01. The first kappa shape index (κ1) is 12.4. The third kappa shape index (κ3) is 4.44. The summed E-state index contributed by atoms with van der Waals surface area (Å²) in [7, 11) is 0. The topological polar surface area (TPSA) is 92.7 Å². The Bertz CT molecular complexity index is 250. The van der Waals surface area contributed by atoms with Gasteiger partial charge in [0, 0.05) is 13.8 Å². The van der Waals surface area contributed by atoms with Gasteiger partial charge in [0.1, 0.15) is 6.10 Å². The Balaban J connectivity index is 4.40. The van der Waals surface area contributed by atoms with Crippen molar-refractivity contribution in [2.45, 2.75) is 32.9 Å². The molecule has 0 aliphatic rings. The molecule has 1 amide bonds. The Morgan fingerprint density at radius 1 is 1.29 bits per heavy atom. The number of amides is 1. The molecule has 0 saturated heterocycles. The lowest BCUT2D eigenvalue weighted by Crippen LogP contribution is -2.48. The fourth-order valence-electron chi connectivity index (χ4n) is 0.929. The standard InChI is InChI=1S/C8H13NO5/c1-4(14-6(3)11)7(8(12)13)9-5(2)10/h4,7H,1-3H3,(H,9,10)(H,12,13). The monoisotopic (exact) mass is 203 g/mol. The van der Waals surface area contributed by atoms with Gasteiger partial charge in [-0.15, -0.1) is 0 Å². The second-order valence-corrected chi connectivity index (χ2v) is 2.83. The molecule has 6 nitrogen and oxygen atoms in total. The lowest BCUT2D eigenvalue weighted by atomic mass is 10.2. The molecule has 2 atom stereocenters. The van der Waals surface area contributed by atoms with Crippen LogP contribution in [0.3, 0.4) is 0 Å². The van der Waals surface area contributed by atoms with Crippen molar-refractivity contribution in [3.05, 3.63) is 0 Å². The zero-order valence-corrected chi connectivity index (χ0v) is 8.23. The molecule has 0 aromatic heterocycles. The smallest absolute Gasteiger partial charge is 0.330 e. The highest BCUT2D eigenvalue weighted by Gasteiger charge is 2.27. The first-order valence-electron chi connectivity index (χ1n) is 4.01. The molecule has 0 aliphatic heterocycles. The first-order chi connectivity index (χ1) is 6.34. The van der Waals surface area contributed by atoms with Crippen molar-refractivity contribution >= 4 is 17.8 Å². The molecule has 2 unspecified atom stereocenters. The van der Waals surface area contributed by atoms with Crippen LogP contribution in [0.4, 0.5) is 0 Å². The molecule has 0 heterocycles. The van der Waals surface area contributed by atoms with Crippen LogP contribution in [0.2, 0.25) is 0 Å². The Labute approximate surface area is 81.2 Å². The van der Waals surface area contributed by atoms with Crippen molar-refractivity contribution in [2.75, 3.05) is 0 Å². The molecule has 80 valence electrons. The van der Waals surface area contributed by atoms with E-state index in [1.165, 1.54) is 20.8 Å². The molecule has 0 aromatic carbocycles. The number of rotatable bonds is 4. The van der Waals surface area contributed by atoms with Crippen LogP contribution in [0.5, 0.6) is 0 Å². The lowest BCUT2D eigenvalue weighted by Gasteiger charge is -2.20. The maximum absolute atomic E-state index is 10.7. The van der Waals surface area contributed by atoms with E-state index >= 15 is 0 Å². The van der Waals surface area contributed by atoms with Gasteiger partial charge in [0.05, 0.1) is 0 Å². The van der Waals surface area contributed by atoms with Crippen molar-refractivity contribution < 1.29 is 24.2 Å². The second kappa shape index (κ2) is 5.21. The van der Waals surface area contributed by atoms with Gasteiger partial charge >= 0.3 is 11.9 Å². The molecule has 6 heteroatoms. The average molecular weight is 203 g/mol. The Morgan fingerprint density at radius 3 is 2.07 bits per heavy atom. The van der Waals surface area contributed by atoms with E-state index in [0.717, 1.165) is 0 Å². The molecule has 0 radical (unpaired) electrons. The molecule has 2 N–H and O–H groups in total. The van der Waals surface area contributed by atoms with Gasteiger partial charge in [0.25, 0.3) is 0 Å². The van der Waals surface area contributed by atoms with Crippen LogP contribution < -0.4 is 5.32 Å². The van der Waals surface area contributed by atoms with Crippen LogP contribution in [0.25, 0.3) is 0 Å². The molecular formula is C8H13NO5. The Morgan fingerprint density at radius 2 is 1.79 bits per heavy atom. The summed E-state index contributed by atoms with van der Waals surface area (Å²) in [6, 6.07) is -1.21. The van der Waals surface area contributed by atoms with Crippen LogP contribution in [-0.4, -0.2) is 35.1 Å². The van der Waals surface area contributed by atoms with Gasteiger partial charge in [0.2, 0.25) is 5.91 Å². The number of carboxylic acids is 1. The third-order valence-electron chi connectivity index (χ3n) is 1.45.